The van der Waals surface area contributed by atoms with E-state index in [9.17, 15) is 0 Å². The molecule has 1 aromatic heterocycles. The van der Waals surface area contributed by atoms with E-state index in [0.717, 1.165) is 11.4 Å². The summed E-state index contributed by atoms with van der Waals surface area (Å²) in [4.78, 5) is 2.44. The van der Waals surface area contributed by atoms with Crippen LogP contribution in [0.2, 0.25) is 0 Å². The van der Waals surface area contributed by atoms with Gasteiger partial charge in [-0.05, 0) is 0 Å². The van der Waals surface area contributed by atoms with E-state index in [1.807, 2.05) is 0 Å². The van der Waals surface area contributed by atoms with E-state index >= 15 is 0 Å². The quantitative estimate of drug-likeness (QED) is 0.163. The second-order valence-corrected chi connectivity index (χ2v) is 15.1. The summed E-state index contributed by atoms with van der Waals surface area (Å²) in [5.74, 6) is 0. The van der Waals surface area contributed by atoms with Gasteiger partial charge in [0, 0.05) is 0 Å². The Balaban J connectivity index is 1.25. The number of benzene rings is 8. The standard InChI is InChI=1S/C47H31NSe/c1-4-14-33(15-5-1)47(34-16-6-2-7-17-34)43-22-12-10-20-38(43)39-29-27-37(31-44(39)47)48(35-18-8-3-9-19-35)36-26-24-32-25-28-41-40-21-11-13-23-45(40)49-46(41)42(32)30-36/h1-31H. The molecule has 0 aliphatic heterocycles. The van der Waals surface area contributed by atoms with Crippen molar-refractivity contribution < 1.29 is 0 Å². The molecule has 1 aliphatic carbocycles. The molecule has 10 rings (SSSR count). The number of rotatable bonds is 5. The predicted molar refractivity (Wildman–Crippen MR) is 208 cm³/mol. The van der Waals surface area contributed by atoms with Gasteiger partial charge >= 0.3 is 281 Å². The SMILES string of the molecule is c1ccc(N(c2ccc3c(c2)C(c2ccccc2)(c2ccccc2)c2ccccc2-3)c2ccc3ccc4c5ccccc5[se]c4c3c2)cc1. The molecule has 0 spiro atoms. The molecule has 0 atom stereocenters. The average molecular weight is 689 g/mol. The molecule has 0 radical (unpaired) electrons. The van der Waals surface area contributed by atoms with Crippen molar-refractivity contribution in [2.45, 2.75) is 5.41 Å². The van der Waals surface area contributed by atoms with Crippen LogP contribution in [0.5, 0.6) is 0 Å². The molecule has 1 aliphatic rings. The summed E-state index contributed by atoms with van der Waals surface area (Å²) < 4.78 is 2.96. The molecule has 0 amide bonds. The fourth-order valence-corrected chi connectivity index (χ4v) is 10.8. The Hall–Kier alpha value is -5.66. The molecule has 0 saturated heterocycles. The first-order chi connectivity index (χ1) is 24.3. The first kappa shape index (κ1) is 28.4. The van der Waals surface area contributed by atoms with Crippen molar-refractivity contribution in [2.75, 3.05) is 4.90 Å². The van der Waals surface area contributed by atoms with Crippen LogP contribution in [0.15, 0.2) is 188 Å². The van der Waals surface area contributed by atoms with Crippen molar-refractivity contribution in [3.8, 4) is 11.1 Å². The van der Waals surface area contributed by atoms with Gasteiger partial charge in [0.1, 0.15) is 0 Å². The van der Waals surface area contributed by atoms with E-state index in [-0.39, 0.29) is 14.5 Å². The molecule has 0 N–H and O–H groups in total. The fraction of sp³-hybridized carbons (Fsp3) is 0.0213. The normalized spacial score (nSPS) is 13.1. The van der Waals surface area contributed by atoms with E-state index in [4.69, 9.17) is 0 Å². The molecule has 9 aromatic rings. The first-order valence-electron chi connectivity index (χ1n) is 16.9. The first-order valence-corrected chi connectivity index (χ1v) is 18.6. The van der Waals surface area contributed by atoms with Crippen LogP contribution in [0.25, 0.3) is 41.2 Å². The van der Waals surface area contributed by atoms with E-state index < -0.39 is 5.41 Å². The Kier molecular flexibility index (Phi) is 6.49. The maximum absolute atomic E-state index is 2.46. The van der Waals surface area contributed by atoms with Crippen LogP contribution in [0, 0.1) is 0 Å². The topological polar surface area (TPSA) is 3.24 Å². The van der Waals surface area contributed by atoms with E-state index in [1.54, 1.807) is 0 Å². The van der Waals surface area contributed by atoms with Gasteiger partial charge in [-0.25, -0.2) is 0 Å². The monoisotopic (exact) mass is 689 g/mol. The number of para-hydroxylation sites is 1. The van der Waals surface area contributed by atoms with Crippen molar-refractivity contribution in [2.24, 2.45) is 0 Å². The summed E-state index contributed by atoms with van der Waals surface area (Å²) in [6.45, 7) is 0. The predicted octanol–water partition coefficient (Wildman–Crippen LogP) is 12.0. The van der Waals surface area contributed by atoms with Gasteiger partial charge < -0.3 is 0 Å². The van der Waals surface area contributed by atoms with Gasteiger partial charge in [-0.15, -0.1) is 0 Å². The van der Waals surface area contributed by atoms with Crippen LogP contribution in [-0.2, 0) is 5.41 Å². The number of hydrogen-bond donors (Lipinski definition) is 0. The Bertz CT molecular complexity index is 2620. The average Bonchev–Trinajstić information content (AvgIpc) is 3.70. The van der Waals surface area contributed by atoms with Crippen molar-refractivity contribution in [3.63, 3.8) is 0 Å². The molecule has 49 heavy (non-hydrogen) atoms. The number of hydrogen-bond acceptors (Lipinski definition) is 1. The van der Waals surface area contributed by atoms with Crippen LogP contribution >= 0.6 is 0 Å². The summed E-state index contributed by atoms with van der Waals surface area (Å²) in [5.41, 5.74) is 10.8. The number of anilines is 3. The summed E-state index contributed by atoms with van der Waals surface area (Å²) in [5, 5.41) is 5.42. The number of nitrogens with zero attached hydrogens (tertiary/aromatic N) is 1. The molecular weight excluding hydrogens is 657 g/mol. The summed E-state index contributed by atoms with van der Waals surface area (Å²) in [7, 11) is 0. The zero-order valence-electron chi connectivity index (χ0n) is 26.8. The zero-order chi connectivity index (χ0) is 32.4. The Morgan fingerprint density at radius 2 is 0.980 bits per heavy atom. The molecule has 1 heterocycles. The van der Waals surface area contributed by atoms with Gasteiger partial charge in [-0.3, -0.25) is 0 Å². The van der Waals surface area contributed by atoms with E-state index in [1.165, 1.54) is 69.1 Å². The minimum absolute atomic E-state index is 0.270. The maximum atomic E-state index is 2.46. The summed E-state index contributed by atoms with van der Waals surface area (Å²) in [6.07, 6.45) is 0. The second-order valence-electron chi connectivity index (χ2n) is 12.9. The third-order valence-corrected chi connectivity index (χ3v) is 12.9. The molecule has 230 valence electrons. The molecular formula is C47H31NSe. The van der Waals surface area contributed by atoms with Crippen LogP contribution in [0.3, 0.4) is 0 Å². The minimum atomic E-state index is -0.453. The Morgan fingerprint density at radius 3 is 1.76 bits per heavy atom. The number of fused-ring (bicyclic) bond motifs is 8. The van der Waals surface area contributed by atoms with Crippen molar-refractivity contribution in [1.82, 2.24) is 0 Å². The van der Waals surface area contributed by atoms with Crippen molar-refractivity contribution in [3.05, 3.63) is 210 Å². The van der Waals surface area contributed by atoms with E-state index in [2.05, 4.69) is 193 Å². The zero-order valence-corrected chi connectivity index (χ0v) is 28.5. The molecule has 8 aromatic carbocycles. The van der Waals surface area contributed by atoms with Gasteiger partial charge in [0.2, 0.25) is 0 Å². The van der Waals surface area contributed by atoms with Crippen LogP contribution in [0.4, 0.5) is 17.1 Å². The molecule has 0 unspecified atom stereocenters. The van der Waals surface area contributed by atoms with Gasteiger partial charge in [0.05, 0.1) is 0 Å². The van der Waals surface area contributed by atoms with E-state index in [0.29, 0.717) is 0 Å². The van der Waals surface area contributed by atoms with Gasteiger partial charge in [-0.1, -0.05) is 12.1 Å². The fourth-order valence-electron chi connectivity index (χ4n) is 8.23. The third kappa shape index (κ3) is 4.25. The summed E-state index contributed by atoms with van der Waals surface area (Å²) in [6, 6.07) is 69.6. The van der Waals surface area contributed by atoms with Gasteiger partial charge in [0.25, 0.3) is 0 Å². The molecule has 1 nitrogen and oxygen atoms in total. The van der Waals surface area contributed by atoms with Crippen molar-refractivity contribution in [1.29, 1.82) is 0 Å². The molecule has 0 fully saturated rings. The second kappa shape index (κ2) is 11.2. The van der Waals surface area contributed by atoms with Crippen LogP contribution < -0.4 is 4.90 Å². The van der Waals surface area contributed by atoms with Crippen LogP contribution in [0.1, 0.15) is 22.3 Å². The van der Waals surface area contributed by atoms with Crippen LogP contribution in [-0.4, -0.2) is 14.5 Å². The summed E-state index contributed by atoms with van der Waals surface area (Å²) >= 11 is 0.270. The van der Waals surface area contributed by atoms with Gasteiger partial charge in [-0.2, -0.15) is 0 Å². The Morgan fingerprint density at radius 1 is 0.388 bits per heavy atom. The Labute approximate surface area is 292 Å². The molecule has 0 saturated carbocycles. The third-order valence-electron chi connectivity index (χ3n) is 10.3. The molecule has 0 bridgehead atoms. The van der Waals surface area contributed by atoms with Crippen molar-refractivity contribution >= 4 is 61.6 Å². The molecule has 2 heteroatoms. The van der Waals surface area contributed by atoms with Gasteiger partial charge in [0.15, 0.2) is 0 Å².